The Labute approximate surface area is 97.0 Å². The zero-order valence-corrected chi connectivity index (χ0v) is 9.47. The van der Waals surface area contributed by atoms with Crippen molar-refractivity contribution >= 4 is 28.7 Å². The smallest absolute Gasteiger partial charge is 0.296 e. The van der Waals surface area contributed by atoms with Gasteiger partial charge in [0.05, 0.1) is 11.7 Å². The van der Waals surface area contributed by atoms with Crippen molar-refractivity contribution in [1.82, 2.24) is 14.1 Å². The van der Waals surface area contributed by atoms with Gasteiger partial charge in [0.2, 0.25) is 0 Å². The van der Waals surface area contributed by atoms with E-state index in [0.717, 1.165) is 16.6 Å². The first-order chi connectivity index (χ1) is 7.81. The third kappa shape index (κ3) is 2.18. The monoisotopic (exact) mass is 231 g/mol. The maximum atomic E-state index is 11.2. The second-order valence-electron chi connectivity index (χ2n) is 3.11. The van der Waals surface area contributed by atoms with Crippen molar-refractivity contribution in [2.75, 3.05) is 0 Å². The molecular weight excluding hydrogens is 222 g/mol. The molecule has 0 aliphatic heterocycles. The average Bonchev–Trinajstić information content (AvgIpc) is 2.75. The number of nitrogens with one attached hydrogen (secondary N) is 1. The fourth-order valence-corrected chi connectivity index (χ4v) is 1.91. The first-order valence-corrected chi connectivity index (χ1v) is 5.45. The van der Waals surface area contributed by atoms with E-state index < -0.39 is 0 Å². The van der Waals surface area contributed by atoms with Gasteiger partial charge < -0.3 is 5.32 Å². The number of fused-ring (bicyclic) bond motifs is 1. The van der Waals surface area contributed by atoms with Gasteiger partial charge in [-0.3, -0.25) is 4.79 Å². The predicted octanol–water partition coefficient (Wildman–Crippen LogP) is 1.33. The van der Waals surface area contributed by atoms with Crippen molar-refractivity contribution in [3.8, 4) is 11.8 Å². The fraction of sp³-hybridized carbons (Fsp3) is 0.182. The van der Waals surface area contributed by atoms with Crippen LogP contribution in [0.4, 0.5) is 0 Å². The van der Waals surface area contributed by atoms with Gasteiger partial charge in [0.25, 0.3) is 5.91 Å². The second-order valence-corrected chi connectivity index (χ2v) is 3.64. The highest BCUT2D eigenvalue weighted by atomic mass is 32.1. The number of benzene rings is 1. The molecule has 2 aromatic rings. The van der Waals surface area contributed by atoms with Crippen LogP contribution in [0, 0.1) is 11.8 Å². The number of rotatable bonds is 2. The molecule has 1 aromatic carbocycles. The van der Waals surface area contributed by atoms with Crippen molar-refractivity contribution in [3.05, 3.63) is 23.8 Å². The molecule has 0 atom stereocenters. The molecule has 0 saturated heterocycles. The summed E-state index contributed by atoms with van der Waals surface area (Å²) >= 11 is 1.17. The predicted molar refractivity (Wildman–Crippen MR) is 62.7 cm³/mol. The Morgan fingerprint density at radius 2 is 2.38 bits per heavy atom. The molecule has 0 saturated carbocycles. The van der Waals surface area contributed by atoms with Crippen LogP contribution in [0.15, 0.2) is 18.2 Å². The molecule has 1 N–H and O–H groups in total. The van der Waals surface area contributed by atoms with Gasteiger partial charge in [-0.1, -0.05) is 18.1 Å². The van der Waals surface area contributed by atoms with E-state index in [2.05, 4.69) is 25.9 Å². The highest BCUT2D eigenvalue weighted by molar-refractivity contribution is 7.00. The molecule has 0 aliphatic rings. The molecule has 0 fully saturated rings. The van der Waals surface area contributed by atoms with Crippen LogP contribution < -0.4 is 5.32 Å². The van der Waals surface area contributed by atoms with Gasteiger partial charge in [-0.05, 0) is 18.9 Å². The van der Waals surface area contributed by atoms with Gasteiger partial charge in [0.15, 0.2) is 0 Å². The largest absolute Gasteiger partial charge is 0.341 e. The van der Waals surface area contributed by atoms with Crippen molar-refractivity contribution in [2.24, 2.45) is 0 Å². The summed E-state index contributed by atoms with van der Waals surface area (Å²) in [5.41, 5.74) is 2.66. The summed E-state index contributed by atoms with van der Waals surface area (Å²) in [6, 6.07) is 5.72. The van der Waals surface area contributed by atoms with Gasteiger partial charge in [-0.2, -0.15) is 8.75 Å². The van der Waals surface area contributed by atoms with Crippen LogP contribution in [-0.2, 0) is 11.3 Å². The molecule has 0 radical (unpaired) electrons. The molecule has 1 amide bonds. The molecule has 2 rings (SSSR count). The van der Waals surface area contributed by atoms with E-state index in [9.17, 15) is 4.79 Å². The number of hydrogen-bond acceptors (Lipinski definition) is 4. The number of aromatic nitrogens is 2. The third-order valence-electron chi connectivity index (χ3n) is 2.05. The average molecular weight is 231 g/mol. The normalized spacial score (nSPS) is 9.56. The van der Waals surface area contributed by atoms with Crippen LogP contribution in [0.1, 0.15) is 12.5 Å². The van der Waals surface area contributed by atoms with Crippen molar-refractivity contribution in [2.45, 2.75) is 13.5 Å². The molecule has 16 heavy (non-hydrogen) atoms. The third-order valence-corrected chi connectivity index (χ3v) is 2.59. The Balaban J connectivity index is 2.17. The number of carbonyl (C=O) groups is 1. The van der Waals surface area contributed by atoms with Gasteiger partial charge in [0.1, 0.15) is 11.0 Å². The zero-order chi connectivity index (χ0) is 11.4. The van der Waals surface area contributed by atoms with Crippen LogP contribution in [0.5, 0.6) is 0 Å². The Morgan fingerprint density at radius 3 is 3.19 bits per heavy atom. The minimum Gasteiger partial charge on any atom is -0.341 e. The van der Waals surface area contributed by atoms with E-state index in [1.807, 2.05) is 18.2 Å². The number of hydrogen-bond donors (Lipinski definition) is 1. The fourth-order valence-electron chi connectivity index (χ4n) is 1.34. The van der Waals surface area contributed by atoms with Crippen molar-refractivity contribution in [3.63, 3.8) is 0 Å². The zero-order valence-electron chi connectivity index (χ0n) is 8.65. The van der Waals surface area contributed by atoms with Crippen LogP contribution in [-0.4, -0.2) is 14.7 Å². The first-order valence-electron chi connectivity index (χ1n) is 4.72. The highest BCUT2D eigenvalue weighted by Gasteiger charge is 2.05. The summed E-state index contributed by atoms with van der Waals surface area (Å²) in [5.74, 6) is 4.70. The molecule has 80 valence electrons. The Bertz CT molecular complexity index is 579. The van der Waals surface area contributed by atoms with Crippen LogP contribution in [0.2, 0.25) is 0 Å². The van der Waals surface area contributed by atoms with E-state index in [0.29, 0.717) is 6.54 Å². The minimum absolute atomic E-state index is 0.275. The molecular formula is C11H9N3OS. The molecule has 0 unspecified atom stereocenters. The van der Waals surface area contributed by atoms with Crippen molar-refractivity contribution in [1.29, 1.82) is 0 Å². The van der Waals surface area contributed by atoms with Crippen molar-refractivity contribution < 1.29 is 4.79 Å². The molecule has 0 bridgehead atoms. The minimum atomic E-state index is -0.275. The van der Waals surface area contributed by atoms with Gasteiger partial charge in [0, 0.05) is 12.1 Å². The van der Waals surface area contributed by atoms with Crippen LogP contribution >= 0.6 is 11.7 Å². The molecule has 5 heteroatoms. The Hall–Kier alpha value is -1.93. The van der Waals surface area contributed by atoms with E-state index in [-0.39, 0.29) is 5.91 Å². The maximum absolute atomic E-state index is 11.2. The van der Waals surface area contributed by atoms with Gasteiger partial charge in [-0.25, -0.2) is 0 Å². The summed E-state index contributed by atoms with van der Waals surface area (Å²) in [6.07, 6.45) is 0. The summed E-state index contributed by atoms with van der Waals surface area (Å²) in [4.78, 5) is 11.2. The standard InChI is InChI=1S/C11H9N3OS/c1-2-4-10(15)12-7-8-5-3-6-9-11(8)14-16-13-9/h3,5-6H,7H2,1H3,(H,12,15). The number of carbonyl (C=O) groups excluding carboxylic acids is 1. The lowest BCUT2D eigenvalue weighted by Gasteiger charge is -2.01. The summed E-state index contributed by atoms with van der Waals surface area (Å²) < 4.78 is 8.32. The number of amides is 1. The molecule has 0 aliphatic carbocycles. The van der Waals surface area contributed by atoms with E-state index in [4.69, 9.17) is 0 Å². The lowest BCUT2D eigenvalue weighted by molar-refractivity contribution is -0.115. The lowest BCUT2D eigenvalue weighted by atomic mass is 10.2. The van der Waals surface area contributed by atoms with E-state index in [1.54, 1.807) is 6.92 Å². The summed E-state index contributed by atoms with van der Waals surface area (Å²) in [6.45, 7) is 2.06. The second kappa shape index (κ2) is 4.73. The van der Waals surface area contributed by atoms with E-state index >= 15 is 0 Å². The summed E-state index contributed by atoms with van der Waals surface area (Å²) in [7, 11) is 0. The maximum Gasteiger partial charge on any atom is 0.296 e. The highest BCUT2D eigenvalue weighted by Crippen LogP contribution is 2.15. The first kappa shape index (κ1) is 10.6. The molecule has 1 heterocycles. The molecule has 1 aromatic heterocycles. The summed E-state index contributed by atoms with van der Waals surface area (Å²) in [5, 5.41) is 2.71. The SMILES string of the molecule is CC#CC(=O)NCc1cccc2nsnc12. The van der Waals surface area contributed by atoms with Crippen LogP contribution in [0.25, 0.3) is 11.0 Å². The topological polar surface area (TPSA) is 54.9 Å². The number of nitrogens with zero attached hydrogens (tertiary/aromatic N) is 2. The van der Waals surface area contributed by atoms with Gasteiger partial charge in [-0.15, -0.1) is 0 Å². The van der Waals surface area contributed by atoms with Gasteiger partial charge >= 0.3 is 0 Å². The Kier molecular flexibility index (Phi) is 3.13. The van der Waals surface area contributed by atoms with E-state index in [1.165, 1.54) is 11.7 Å². The molecule has 4 nitrogen and oxygen atoms in total. The Morgan fingerprint density at radius 1 is 1.50 bits per heavy atom. The lowest BCUT2D eigenvalue weighted by Crippen LogP contribution is -2.20. The quantitative estimate of drug-likeness (QED) is 0.793. The molecule has 0 spiro atoms. The van der Waals surface area contributed by atoms with Crippen LogP contribution in [0.3, 0.4) is 0 Å².